The molecule has 0 amide bonds. The molecule has 0 fully saturated rings. The van der Waals surface area contributed by atoms with E-state index >= 15 is 0 Å². The summed E-state index contributed by atoms with van der Waals surface area (Å²) in [5.41, 5.74) is 3.93. The first-order chi connectivity index (χ1) is 13.3. The molecule has 1 atom stereocenters. The summed E-state index contributed by atoms with van der Waals surface area (Å²) in [5, 5.41) is 10.3. The zero-order valence-electron chi connectivity index (χ0n) is 15.6. The lowest BCUT2D eigenvalue weighted by Gasteiger charge is -2.24. The van der Waals surface area contributed by atoms with E-state index in [1.165, 1.54) is 0 Å². The van der Waals surface area contributed by atoms with Gasteiger partial charge in [-0.25, -0.2) is 13.1 Å². The summed E-state index contributed by atoms with van der Waals surface area (Å²) < 4.78 is 30.2. The number of aromatic nitrogens is 1. The zero-order chi connectivity index (χ0) is 19.9. The fraction of sp³-hybridized carbons (Fsp3) is 0.286. The van der Waals surface area contributed by atoms with Crippen LogP contribution in [0.4, 0.5) is 0 Å². The molecule has 0 saturated carbocycles. The van der Waals surface area contributed by atoms with Crippen LogP contribution < -0.4 is 4.72 Å². The summed E-state index contributed by atoms with van der Waals surface area (Å²) in [6.45, 7) is 1.83. The van der Waals surface area contributed by atoms with Gasteiger partial charge in [0.15, 0.2) is 0 Å². The van der Waals surface area contributed by atoms with Crippen molar-refractivity contribution in [3.8, 4) is 0 Å². The molecule has 0 radical (unpaired) electrons. The Balaban J connectivity index is 1.65. The Morgan fingerprint density at radius 2 is 1.89 bits per heavy atom. The van der Waals surface area contributed by atoms with Gasteiger partial charge in [-0.1, -0.05) is 35.9 Å². The molecule has 1 aliphatic rings. The van der Waals surface area contributed by atoms with Gasteiger partial charge in [0, 0.05) is 22.6 Å². The van der Waals surface area contributed by atoms with Crippen LogP contribution >= 0.6 is 0 Å². The van der Waals surface area contributed by atoms with Crippen molar-refractivity contribution in [1.29, 1.82) is 0 Å². The summed E-state index contributed by atoms with van der Waals surface area (Å²) in [7, 11) is -3.60. The number of carboxylic acids is 1. The number of nitrogens with one attached hydrogen (secondary N) is 1. The van der Waals surface area contributed by atoms with E-state index in [0.717, 1.165) is 27.7 Å². The van der Waals surface area contributed by atoms with Gasteiger partial charge in [-0.2, -0.15) is 0 Å². The fourth-order valence-corrected chi connectivity index (χ4v) is 5.29. The van der Waals surface area contributed by atoms with Gasteiger partial charge in [-0.3, -0.25) is 4.79 Å². The van der Waals surface area contributed by atoms with Gasteiger partial charge < -0.3 is 9.67 Å². The third-order valence-corrected chi connectivity index (χ3v) is 6.86. The molecule has 2 N–H and O–H groups in total. The Bertz CT molecular complexity index is 1150. The standard InChI is InChI=1S/C21H22N2O4S/c1-14-6-9-16(10-7-14)28(26,27)22-15-8-11-20-18(12-15)17-4-2-3-5-19(17)23(20)13-21(24)25/h2-7,9-10,15,22H,8,11-13H2,1H3,(H,24,25). The smallest absolute Gasteiger partial charge is 0.323 e. The number of hydrogen-bond acceptors (Lipinski definition) is 3. The maximum absolute atomic E-state index is 12.7. The van der Waals surface area contributed by atoms with Gasteiger partial charge >= 0.3 is 5.97 Å². The molecule has 0 saturated heterocycles. The Hall–Kier alpha value is -2.64. The molecule has 1 aromatic heterocycles. The quantitative estimate of drug-likeness (QED) is 0.692. The summed E-state index contributed by atoms with van der Waals surface area (Å²) in [4.78, 5) is 11.6. The number of carboxylic acid groups (broad SMARTS) is 1. The molecule has 6 nitrogen and oxygen atoms in total. The Morgan fingerprint density at radius 1 is 1.18 bits per heavy atom. The molecule has 1 aliphatic carbocycles. The van der Waals surface area contributed by atoms with Crippen molar-refractivity contribution in [2.24, 2.45) is 0 Å². The number of hydrogen-bond donors (Lipinski definition) is 2. The molecule has 1 unspecified atom stereocenters. The lowest BCUT2D eigenvalue weighted by Crippen LogP contribution is -2.39. The van der Waals surface area contributed by atoms with Crippen molar-refractivity contribution in [3.63, 3.8) is 0 Å². The summed E-state index contributed by atoms with van der Waals surface area (Å²) >= 11 is 0. The highest BCUT2D eigenvalue weighted by atomic mass is 32.2. The summed E-state index contributed by atoms with van der Waals surface area (Å²) in [6, 6.07) is 14.3. The summed E-state index contributed by atoms with van der Waals surface area (Å²) in [5.74, 6) is -0.884. The Morgan fingerprint density at radius 3 is 2.61 bits per heavy atom. The van der Waals surface area contributed by atoms with E-state index < -0.39 is 16.0 Å². The Labute approximate surface area is 163 Å². The third kappa shape index (κ3) is 3.43. The first kappa shape index (κ1) is 18.7. The number of aryl methyl sites for hydroxylation is 1. The monoisotopic (exact) mass is 398 g/mol. The van der Waals surface area contributed by atoms with E-state index in [-0.39, 0.29) is 17.5 Å². The largest absolute Gasteiger partial charge is 0.480 e. The second-order valence-electron chi connectivity index (χ2n) is 7.30. The van der Waals surface area contributed by atoms with Crippen molar-refractivity contribution in [1.82, 2.24) is 9.29 Å². The van der Waals surface area contributed by atoms with Crippen LogP contribution in [0.25, 0.3) is 10.9 Å². The molecular formula is C21H22N2O4S. The van der Waals surface area contributed by atoms with Crippen LogP contribution in [0.15, 0.2) is 53.4 Å². The molecular weight excluding hydrogens is 376 g/mol. The molecule has 0 spiro atoms. The van der Waals surface area contributed by atoms with Crippen molar-refractivity contribution in [2.75, 3.05) is 0 Å². The van der Waals surface area contributed by atoms with E-state index in [1.54, 1.807) is 24.3 Å². The third-order valence-electron chi connectivity index (χ3n) is 5.32. The van der Waals surface area contributed by atoms with Gasteiger partial charge in [0.05, 0.1) is 4.90 Å². The maximum atomic E-state index is 12.7. The fourth-order valence-electron chi connectivity index (χ4n) is 4.02. The second-order valence-corrected chi connectivity index (χ2v) is 9.01. The number of fused-ring (bicyclic) bond motifs is 3. The maximum Gasteiger partial charge on any atom is 0.323 e. The van der Waals surface area contributed by atoms with Gasteiger partial charge in [-0.15, -0.1) is 0 Å². The van der Waals surface area contributed by atoms with Crippen molar-refractivity contribution in [2.45, 2.75) is 43.7 Å². The van der Waals surface area contributed by atoms with Crippen molar-refractivity contribution >= 4 is 26.9 Å². The topological polar surface area (TPSA) is 88.4 Å². The molecule has 28 heavy (non-hydrogen) atoms. The van der Waals surface area contributed by atoms with E-state index in [4.69, 9.17) is 0 Å². The molecule has 2 aromatic carbocycles. The summed E-state index contributed by atoms with van der Waals surface area (Å²) in [6.07, 6.45) is 1.82. The number of sulfonamides is 1. The van der Waals surface area contributed by atoms with Crippen LogP contribution in [0.2, 0.25) is 0 Å². The van der Waals surface area contributed by atoms with Gasteiger partial charge in [0.25, 0.3) is 0 Å². The van der Waals surface area contributed by atoms with Gasteiger partial charge in [0.2, 0.25) is 10.0 Å². The number of rotatable bonds is 5. The molecule has 4 rings (SSSR count). The number of aliphatic carboxylic acids is 1. The number of benzene rings is 2. The minimum Gasteiger partial charge on any atom is -0.480 e. The van der Waals surface area contributed by atoms with Crippen LogP contribution in [0, 0.1) is 6.92 Å². The molecule has 0 aliphatic heterocycles. The van der Waals surface area contributed by atoms with Crippen molar-refractivity contribution in [3.05, 3.63) is 65.4 Å². The zero-order valence-corrected chi connectivity index (χ0v) is 16.4. The molecule has 7 heteroatoms. The lowest BCUT2D eigenvalue weighted by molar-refractivity contribution is -0.137. The van der Waals surface area contributed by atoms with Crippen LogP contribution in [0.3, 0.4) is 0 Å². The molecule has 1 heterocycles. The Kier molecular flexibility index (Phi) is 4.72. The van der Waals surface area contributed by atoms with E-state index in [1.807, 2.05) is 35.8 Å². The number of para-hydroxylation sites is 1. The van der Waals surface area contributed by atoms with Crippen LogP contribution in [-0.4, -0.2) is 30.1 Å². The predicted octanol–water partition coefficient (Wildman–Crippen LogP) is 2.87. The second kappa shape index (κ2) is 7.07. The van der Waals surface area contributed by atoms with Crippen LogP contribution in [-0.2, 0) is 34.2 Å². The molecule has 3 aromatic rings. The predicted molar refractivity (Wildman–Crippen MR) is 107 cm³/mol. The highest BCUT2D eigenvalue weighted by molar-refractivity contribution is 7.89. The first-order valence-corrected chi connectivity index (χ1v) is 10.7. The van der Waals surface area contributed by atoms with Crippen LogP contribution in [0.5, 0.6) is 0 Å². The highest BCUT2D eigenvalue weighted by Crippen LogP contribution is 2.32. The van der Waals surface area contributed by atoms with E-state index in [0.29, 0.717) is 19.3 Å². The van der Waals surface area contributed by atoms with E-state index in [2.05, 4.69) is 4.72 Å². The van der Waals surface area contributed by atoms with Crippen molar-refractivity contribution < 1.29 is 18.3 Å². The lowest BCUT2D eigenvalue weighted by atomic mass is 9.92. The van der Waals surface area contributed by atoms with Gasteiger partial charge in [0.1, 0.15) is 6.54 Å². The van der Waals surface area contributed by atoms with E-state index in [9.17, 15) is 18.3 Å². The normalized spacial score (nSPS) is 16.8. The number of carbonyl (C=O) groups is 1. The molecule has 146 valence electrons. The minimum atomic E-state index is -3.60. The van der Waals surface area contributed by atoms with Gasteiger partial charge in [-0.05, 0) is 49.9 Å². The van der Waals surface area contributed by atoms with Crippen LogP contribution in [0.1, 0.15) is 23.2 Å². The number of nitrogens with zero attached hydrogens (tertiary/aromatic N) is 1. The highest BCUT2D eigenvalue weighted by Gasteiger charge is 2.29. The molecule has 0 bridgehead atoms. The SMILES string of the molecule is Cc1ccc(S(=O)(=O)NC2CCc3c(c4ccccc4n3CC(=O)O)C2)cc1. The first-order valence-electron chi connectivity index (χ1n) is 9.25. The average molecular weight is 398 g/mol. The average Bonchev–Trinajstić information content (AvgIpc) is 2.95. The minimum absolute atomic E-state index is 0.0877.